The first-order valence-corrected chi connectivity index (χ1v) is 5.73. The molecule has 0 radical (unpaired) electrons. The summed E-state index contributed by atoms with van der Waals surface area (Å²) in [6, 6.07) is 7.47. The van der Waals surface area contributed by atoms with E-state index in [4.69, 9.17) is 23.2 Å². The van der Waals surface area contributed by atoms with E-state index in [0.29, 0.717) is 10.0 Å². The lowest BCUT2D eigenvalue weighted by Gasteiger charge is -2.08. The highest BCUT2D eigenvalue weighted by Gasteiger charge is 2.09. The zero-order chi connectivity index (χ0) is 11.7. The molecule has 0 saturated carbocycles. The first-order chi connectivity index (χ1) is 7.59. The van der Waals surface area contributed by atoms with E-state index in [-0.39, 0.29) is 0 Å². The zero-order valence-electron chi connectivity index (χ0n) is 9.09. The van der Waals surface area contributed by atoms with Crippen LogP contribution in [0.4, 0.5) is 0 Å². The van der Waals surface area contributed by atoms with Crippen molar-refractivity contribution < 1.29 is 0 Å². The van der Waals surface area contributed by atoms with Crippen molar-refractivity contribution in [2.24, 2.45) is 0 Å². The van der Waals surface area contributed by atoms with Crippen molar-refractivity contribution in [3.8, 4) is 11.3 Å². The van der Waals surface area contributed by atoms with Gasteiger partial charge in [-0.05, 0) is 43.2 Å². The average molecular weight is 252 g/mol. The molecule has 2 aromatic rings. The first-order valence-electron chi connectivity index (χ1n) is 4.97. The highest BCUT2D eigenvalue weighted by atomic mass is 35.5. The van der Waals surface area contributed by atoms with E-state index in [0.717, 1.165) is 16.8 Å². The molecule has 1 heterocycles. The average Bonchev–Trinajstić information content (AvgIpc) is 2.23. The maximum atomic E-state index is 6.13. The Morgan fingerprint density at radius 1 is 1.00 bits per heavy atom. The van der Waals surface area contributed by atoms with Crippen molar-refractivity contribution in [3.05, 3.63) is 51.6 Å². The summed E-state index contributed by atoms with van der Waals surface area (Å²) in [7, 11) is 0. The molecule has 0 aliphatic carbocycles. The van der Waals surface area contributed by atoms with E-state index < -0.39 is 0 Å². The van der Waals surface area contributed by atoms with Crippen LogP contribution in [-0.2, 0) is 0 Å². The third-order valence-corrected chi connectivity index (χ3v) is 3.22. The van der Waals surface area contributed by atoms with Gasteiger partial charge in [0.25, 0.3) is 0 Å². The number of pyridine rings is 1. The molecule has 16 heavy (non-hydrogen) atoms. The van der Waals surface area contributed by atoms with Crippen molar-refractivity contribution in [3.63, 3.8) is 0 Å². The number of aromatic nitrogens is 1. The fourth-order valence-corrected chi connectivity index (χ4v) is 2.09. The maximum Gasteiger partial charge on any atom is 0.0734 e. The Kier molecular flexibility index (Phi) is 3.17. The third-order valence-electron chi connectivity index (χ3n) is 2.59. The number of halogens is 2. The van der Waals surface area contributed by atoms with Crippen LogP contribution in [0.2, 0.25) is 10.0 Å². The smallest absolute Gasteiger partial charge is 0.0734 e. The van der Waals surface area contributed by atoms with Crippen molar-refractivity contribution in [2.45, 2.75) is 13.8 Å². The summed E-state index contributed by atoms with van der Waals surface area (Å²) in [5.74, 6) is 0. The SMILES string of the molecule is Cc1cnc(-c2c(Cl)cccc2Cl)cc1C. The number of aryl methyl sites for hydroxylation is 2. The van der Waals surface area contributed by atoms with Crippen LogP contribution in [0.3, 0.4) is 0 Å². The van der Waals surface area contributed by atoms with Gasteiger partial charge in [0.15, 0.2) is 0 Å². The van der Waals surface area contributed by atoms with Crippen LogP contribution in [-0.4, -0.2) is 4.98 Å². The molecule has 0 spiro atoms. The van der Waals surface area contributed by atoms with Gasteiger partial charge in [-0.3, -0.25) is 4.98 Å². The number of rotatable bonds is 1. The molecule has 82 valence electrons. The van der Waals surface area contributed by atoms with Crippen LogP contribution in [0.25, 0.3) is 11.3 Å². The lowest BCUT2D eigenvalue weighted by Crippen LogP contribution is -1.89. The Morgan fingerprint density at radius 2 is 1.62 bits per heavy atom. The molecule has 1 nitrogen and oxygen atoms in total. The molecule has 0 amide bonds. The zero-order valence-corrected chi connectivity index (χ0v) is 10.6. The molecule has 0 atom stereocenters. The third kappa shape index (κ3) is 2.06. The second-order valence-corrected chi connectivity index (χ2v) is 4.56. The Balaban J connectivity index is 2.63. The van der Waals surface area contributed by atoms with Gasteiger partial charge in [-0.25, -0.2) is 0 Å². The molecular formula is C13H11Cl2N. The lowest BCUT2D eigenvalue weighted by atomic mass is 10.1. The van der Waals surface area contributed by atoms with Gasteiger partial charge < -0.3 is 0 Å². The lowest BCUT2D eigenvalue weighted by molar-refractivity contribution is 1.22. The molecule has 0 aliphatic heterocycles. The largest absolute Gasteiger partial charge is 0.256 e. The molecule has 0 saturated heterocycles. The van der Waals surface area contributed by atoms with E-state index in [2.05, 4.69) is 4.98 Å². The predicted molar refractivity (Wildman–Crippen MR) is 69.2 cm³/mol. The Bertz CT molecular complexity index is 515. The molecular weight excluding hydrogens is 241 g/mol. The summed E-state index contributed by atoms with van der Waals surface area (Å²) in [5.41, 5.74) is 3.96. The summed E-state index contributed by atoms with van der Waals surface area (Å²) in [5, 5.41) is 1.26. The molecule has 0 unspecified atom stereocenters. The van der Waals surface area contributed by atoms with Gasteiger partial charge in [0.1, 0.15) is 0 Å². The van der Waals surface area contributed by atoms with Crippen molar-refractivity contribution in [1.82, 2.24) is 4.98 Å². The molecule has 0 fully saturated rings. The Labute approximate surface area is 105 Å². The van der Waals surface area contributed by atoms with Gasteiger partial charge in [0.2, 0.25) is 0 Å². The van der Waals surface area contributed by atoms with E-state index in [1.165, 1.54) is 5.56 Å². The summed E-state index contributed by atoms with van der Waals surface area (Å²) >= 11 is 12.3. The molecule has 0 aliphatic rings. The van der Waals surface area contributed by atoms with E-state index in [1.807, 2.05) is 44.3 Å². The number of nitrogens with zero attached hydrogens (tertiary/aromatic N) is 1. The highest BCUT2D eigenvalue weighted by Crippen LogP contribution is 2.33. The molecule has 2 rings (SSSR count). The molecule has 1 aromatic heterocycles. The van der Waals surface area contributed by atoms with Crippen molar-refractivity contribution in [2.75, 3.05) is 0 Å². The second kappa shape index (κ2) is 4.44. The first kappa shape index (κ1) is 11.4. The summed E-state index contributed by atoms with van der Waals surface area (Å²) in [6.45, 7) is 4.07. The van der Waals surface area contributed by atoms with E-state index in [9.17, 15) is 0 Å². The van der Waals surface area contributed by atoms with Crippen LogP contribution in [0.1, 0.15) is 11.1 Å². The van der Waals surface area contributed by atoms with Gasteiger partial charge in [0, 0.05) is 11.8 Å². The van der Waals surface area contributed by atoms with Crippen LogP contribution in [0.15, 0.2) is 30.5 Å². The predicted octanol–water partition coefficient (Wildman–Crippen LogP) is 4.67. The Morgan fingerprint density at radius 3 is 2.19 bits per heavy atom. The van der Waals surface area contributed by atoms with Crippen molar-refractivity contribution >= 4 is 23.2 Å². The van der Waals surface area contributed by atoms with E-state index in [1.54, 1.807) is 0 Å². The number of hydrogen-bond donors (Lipinski definition) is 0. The van der Waals surface area contributed by atoms with Gasteiger partial charge in [0.05, 0.1) is 15.7 Å². The standard InChI is InChI=1S/C13H11Cl2N/c1-8-6-12(16-7-9(8)2)13-10(14)4-3-5-11(13)15/h3-7H,1-2H3. The summed E-state index contributed by atoms with van der Waals surface area (Å²) in [4.78, 5) is 4.36. The number of benzene rings is 1. The van der Waals surface area contributed by atoms with Crippen LogP contribution in [0.5, 0.6) is 0 Å². The number of hydrogen-bond acceptors (Lipinski definition) is 1. The minimum Gasteiger partial charge on any atom is -0.256 e. The second-order valence-electron chi connectivity index (χ2n) is 3.75. The summed E-state index contributed by atoms with van der Waals surface area (Å²) in [6.07, 6.45) is 1.84. The fourth-order valence-electron chi connectivity index (χ4n) is 1.50. The van der Waals surface area contributed by atoms with E-state index >= 15 is 0 Å². The minimum atomic E-state index is 0.628. The van der Waals surface area contributed by atoms with Gasteiger partial charge in [-0.2, -0.15) is 0 Å². The molecule has 0 bridgehead atoms. The fraction of sp³-hybridized carbons (Fsp3) is 0.154. The van der Waals surface area contributed by atoms with Gasteiger partial charge in [-0.1, -0.05) is 29.3 Å². The highest BCUT2D eigenvalue weighted by molar-refractivity contribution is 6.39. The Hall–Kier alpha value is -1.05. The van der Waals surface area contributed by atoms with Crippen LogP contribution >= 0.6 is 23.2 Å². The van der Waals surface area contributed by atoms with Crippen LogP contribution in [0, 0.1) is 13.8 Å². The summed E-state index contributed by atoms with van der Waals surface area (Å²) < 4.78 is 0. The normalized spacial score (nSPS) is 10.5. The molecule has 1 aromatic carbocycles. The van der Waals surface area contributed by atoms with Crippen molar-refractivity contribution in [1.29, 1.82) is 0 Å². The molecule has 3 heteroatoms. The van der Waals surface area contributed by atoms with Gasteiger partial charge in [-0.15, -0.1) is 0 Å². The topological polar surface area (TPSA) is 12.9 Å². The maximum absolute atomic E-state index is 6.13. The molecule has 0 N–H and O–H groups in total. The monoisotopic (exact) mass is 251 g/mol. The quantitative estimate of drug-likeness (QED) is 0.718. The minimum absolute atomic E-state index is 0.628. The van der Waals surface area contributed by atoms with Crippen LogP contribution < -0.4 is 0 Å². The van der Waals surface area contributed by atoms with Gasteiger partial charge >= 0.3 is 0 Å².